The molecule has 0 aromatic heterocycles. The highest BCUT2D eigenvalue weighted by atomic mass is 32.2. The van der Waals surface area contributed by atoms with Gasteiger partial charge in [-0.2, -0.15) is 0 Å². The third-order valence-corrected chi connectivity index (χ3v) is 4.51. The minimum absolute atomic E-state index is 0.0426. The topological polar surface area (TPSA) is 78.5 Å². The van der Waals surface area contributed by atoms with E-state index in [1.165, 1.54) is 16.7 Å². The lowest BCUT2D eigenvalue weighted by molar-refractivity contribution is -0.129. The first-order valence-corrected chi connectivity index (χ1v) is 7.88. The van der Waals surface area contributed by atoms with Crippen LogP contribution in [0.1, 0.15) is 12.8 Å². The molecule has 118 valence electrons. The first-order chi connectivity index (χ1) is 10.5. The summed E-state index contributed by atoms with van der Waals surface area (Å²) in [5.74, 6) is -0.430. The summed E-state index contributed by atoms with van der Waals surface area (Å²) in [7, 11) is 3.34. The second-order valence-electron chi connectivity index (χ2n) is 5.18. The molecule has 0 bridgehead atoms. The van der Waals surface area contributed by atoms with Gasteiger partial charge in [-0.15, -0.1) is 11.8 Å². The van der Waals surface area contributed by atoms with Crippen LogP contribution in [-0.4, -0.2) is 48.5 Å². The largest absolute Gasteiger partial charge is 0.356 e. The van der Waals surface area contributed by atoms with E-state index >= 15 is 0 Å². The van der Waals surface area contributed by atoms with Crippen LogP contribution in [0.2, 0.25) is 0 Å². The Morgan fingerprint density at radius 3 is 2.77 bits per heavy atom. The lowest BCUT2D eigenvalue weighted by atomic mass is 10.2. The quantitative estimate of drug-likeness (QED) is 0.851. The average molecular weight is 321 g/mol. The summed E-state index contributed by atoms with van der Waals surface area (Å²) in [5.41, 5.74) is 0.783. The Bertz CT molecular complexity index is 589. The number of para-hydroxylation sites is 1. The van der Waals surface area contributed by atoms with Gasteiger partial charge in [0.2, 0.25) is 17.7 Å². The van der Waals surface area contributed by atoms with Gasteiger partial charge in [-0.3, -0.25) is 14.4 Å². The zero-order valence-electron chi connectivity index (χ0n) is 12.6. The van der Waals surface area contributed by atoms with Gasteiger partial charge in [-0.1, -0.05) is 12.1 Å². The molecule has 2 N–H and O–H groups in total. The first-order valence-electron chi connectivity index (χ1n) is 7.01. The third-order valence-electron chi connectivity index (χ3n) is 3.24. The van der Waals surface area contributed by atoms with Crippen molar-refractivity contribution in [3.63, 3.8) is 0 Å². The monoisotopic (exact) mass is 321 g/mol. The second-order valence-corrected chi connectivity index (χ2v) is 6.43. The van der Waals surface area contributed by atoms with Crippen LogP contribution in [0.3, 0.4) is 0 Å². The summed E-state index contributed by atoms with van der Waals surface area (Å²) in [6.45, 7) is 0.283. The summed E-state index contributed by atoms with van der Waals surface area (Å²) in [6.07, 6.45) is 0.354. The molecule has 1 atom stereocenters. The van der Waals surface area contributed by atoms with Gasteiger partial charge >= 0.3 is 0 Å². The predicted molar refractivity (Wildman–Crippen MR) is 85.7 cm³/mol. The van der Waals surface area contributed by atoms with Crippen molar-refractivity contribution in [1.82, 2.24) is 10.2 Å². The zero-order valence-corrected chi connectivity index (χ0v) is 13.4. The second kappa shape index (κ2) is 7.31. The molecule has 22 heavy (non-hydrogen) atoms. The number of nitrogens with zero attached hydrogens (tertiary/aromatic N) is 1. The molecule has 1 aliphatic rings. The molecule has 0 saturated heterocycles. The molecule has 0 aliphatic carbocycles. The van der Waals surface area contributed by atoms with Gasteiger partial charge in [-0.05, 0) is 12.1 Å². The molecular formula is C15H19N3O3S. The molecule has 1 aliphatic heterocycles. The summed E-state index contributed by atoms with van der Waals surface area (Å²) < 4.78 is 0. The fourth-order valence-corrected chi connectivity index (χ4v) is 3.11. The molecule has 0 unspecified atom stereocenters. The molecule has 2 rings (SSSR count). The average Bonchev–Trinajstić information content (AvgIpc) is 2.47. The van der Waals surface area contributed by atoms with Crippen LogP contribution < -0.4 is 10.6 Å². The lowest BCUT2D eigenvalue weighted by Crippen LogP contribution is -2.36. The number of fused-ring (bicyclic) bond motifs is 1. The van der Waals surface area contributed by atoms with Crippen LogP contribution in [0, 0.1) is 0 Å². The van der Waals surface area contributed by atoms with Crippen LogP contribution in [0.5, 0.6) is 0 Å². The summed E-state index contributed by atoms with van der Waals surface area (Å²) in [5, 5.41) is 5.04. The number of hydrogen-bond acceptors (Lipinski definition) is 4. The molecule has 6 nitrogen and oxygen atoms in total. The van der Waals surface area contributed by atoms with Crippen LogP contribution in [0.25, 0.3) is 0 Å². The summed E-state index contributed by atoms with van der Waals surface area (Å²) in [4.78, 5) is 37.7. The standard InChI is InChI=1S/C15H19N3O3S/c1-18(2)14(20)7-8-16-13(19)9-12-15(21)17-10-5-3-4-6-11(10)22-12/h3-6,12H,7-9H2,1-2H3,(H,16,19)(H,17,21)/t12-/m1/s1. The van der Waals surface area contributed by atoms with Crippen LogP contribution in [0.4, 0.5) is 5.69 Å². The van der Waals surface area contributed by atoms with Gasteiger partial charge in [0, 0.05) is 38.4 Å². The van der Waals surface area contributed by atoms with Crippen molar-refractivity contribution in [2.45, 2.75) is 23.0 Å². The highest BCUT2D eigenvalue weighted by Crippen LogP contribution is 2.36. The van der Waals surface area contributed by atoms with Crippen molar-refractivity contribution in [2.24, 2.45) is 0 Å². The van der Waals surface area contributed by atoms with E-state index in [9.17, 15) is 14.4 Å². The van der Waals surface area contributed by atoms with Gasteiger partial charge in [0.25, 0.3) is 0 Å². The van der Waals surface area contributed by atoms with Crippen LogP contribution >= 0.6 is 11.8 Å². The van der Waals surface area contributed by atoms with Crippen LogP contribution in [-0.2, 0) is 14.4 Å². The number of rotatable bonds is 5. The van der Waals surface area contributed by atoms with Gasteiger partial charge in [-0.25, -0.2) is 0 Å². The Hall–Kier alpha value is -2.02. The number of hydrogen-bond donors (Lipinski definition) is 2. The molecule has 0 radical (unpaired) electrons. The number of amides is 3. The Labute approximate surface area is 133 Å². The third kappa shape index (κ3) is 4.24. The van der Waals surface area contributed by atoms with Crippen LogP contribution in [0.15, 0.2) is 29.2 Å². The SMILES string of the molecule is CN(C)C(=O)CCNC(=O)C[C@H]1Sc2ccccc2NC1=O. The molecule has 3 amide bonds. The summed E-state index contributed by atoms with van der Waals surface area (Å²) >= 11 is 1.39. The normalized spacial score (nSPS) is 16.5. The fraction of sp³-hybridized carbons (Fsp3) is 0.400. The molecule has 7 heteroatoms. The Morgan fingerprint density at radius 1 is 1.32 bits per heavy atom. The smallest absolute Gasteiger partial charge is 0.238 e. The van der Waals surface area contributed by atoms with Crippen molar-refractivity contribution < 1.29 is 14.4 Å². The van der Waals surface area contributed by atoms with Crippen molar-refractivity contribution in [3.8, 4) is 0 Å². The van der Waals surface area contributed by atoms with Crippen molar-refractivity contribution in [1.29, 1.82) is 0 Å². The molecular weight excluding hydrogens is 302 g/mol. The number of anilines is 1. The molecule has 1 aromatic rings. The molecule has 1 aromatic carbocycles. The van der Waals surface area contributed by atoms with Gasteiger partial charge in [0.1, 0.15) is 0 Å². The Morgan fingerprint density at radius 2 is 2.05 bits per heavy atom. The highest BCUT2D eigenvalue weighted by Gasteiger charge is 2.28. The van der Waals surface area contributed by atoms with E-state index in [1.807, 2.05) is 24.3 Å². The highest BCUT2D eigenvalue weighted by molar-refractivity contribution is 8.01. The Kier molecular flexibility index (Phi) is 5.43. The first kappa shape index (κ1) is 16.4. The number of nitrogens with one attached hydrogen (secondary N) is 2. The van der Waals surface area contributed by atoms with Crippen molar-refractivity contribution >= 4 is 35.2 Å². The molecule has 1 heterocycles. The zero-order chi connectivity index (χ0) is 16.1. The molecule has 0 fully saturated rings. The maximum absolute atomic E-state index is 12.0. The van der Waals surface area contributed by atoms with Gasteiger partial charge in [0.15, 0.2) is 0 Å². The number of carbonyl (C=O) groups excluding carboxylic acids is 3. The minimum Gasteiger partial charge on any atom is -0.356 e. The minimum atomic E-state index is -0.445. The van der Waals surface area contributed by atoms with E-state index in [0.717, 1.165) is 10.6 Å². The molecule has 0 saturated carbocycles. The number of carbonyl (C=O) groups is 3. The maximum Gasteiger partial charge on any atom is 0.238 e. The van der Waals surface area contributed by atoms with E-state index in [2.05, 4.69) is 10.6 Å². The van der Waals surface area contributed by atoms with Gasteiger partial charge in [0.05, 0.1) is 10.9 Å². The summed E-state index contributed by atoms with van der Waals surface area (Å²) in [6, 6.07) is 7.51. The van der Waals surface area contributed by atoms with E-state index in [1.54, 1.807) is 14.1 Å². The molecule has 0 spiro atoms. The maximum atomic E-state index is 12.0. The lowest BCUT2D eigenvalue weighted by Gasteiger charge is -2.23. The van der Waals surface area contributed by atoms with E-state index in [4.69, 9.17) is 0 Å². The van der Waals surface area contributed by atoms with E-state index in [0.29, 0.717) is 0 Å². The van der Waals surface area contributed by atoms with Crippen molar-refractivity contribution in [2.75, 3.05) is 26.0 Å². The fourth-order valence-electron chi connectivity index (χ4n) is 2.00. The Balaban J connectivity index is 1.82. The van der Waals surface area contributed by atoms with Gasteiger partial charge < -0.3 is 15.5 Å². The van der Waals surface area contributed by atoms with E-state index < -0.39 is 5.25 Å². The predicted octanol–water partition coefficient (Wildman–Crippen LogP) is 1.08. The number of thioether (sulfide) groups is 1. The van der Waals surface area contributed by atoms with Crippen molar-refractivity contribution in [3.05, 3.63) is 24.3 Å². The van der Waals surface area contributed by atoms with E-state index in [-0.39, 0.29) is 37.1 Å². The number of benzene rings is 1.